The lowest BCUT2D eigenvalue weighted by molar-refractivity contribution is 0.0942. The summed E-state index contributed by atoms with van der Waals surface area (Å²) in [6.07, 6.45) is 1.41. The summed E-state index contributed by atoms with van der Waals surface area (Å²) in [5.41, 5.74) is 0.348. The number of amides is 1. The van der Waals surface area contributed by atoms with Gasteiger partial charge in [0.2, 0.25) is 0 Å². The van der Waals surface area contributed by atoms with Crippen LogP contribution in [0.5, 0.6) is 11.5 Å². The number of methoxy groups -OCH3 is 1. The van der Waals surface area contributed by atoms with E-state index in [1.165, 1.54) is 6.33 Å². The third-order valence-corrected chi connectivity index (χ3v) is 3.69. The Labute approximate surface area is 148 Å². The number of rotatable bonds is 9. The average Bonchev–Trinajstić information content (AvgIpc) is 2.67. The fraction of sp³-hybridized carbons (Fsp3) is 0.389. The van der Waals surface area contributed by atoms with Gasteiger partial charge in [0.25, 0.3) is 5.91 Å². The molecule has 7 nitrogen and oxygen atoms in total. The van der Waals surface area contributed by atoms with E-state index in [0.717, 1.165) is 30.4 Å². The largest absolute Gasteiger partial charge is 0.497 e. The van der Waals surface area contributed by atoms with Gasteiger partial charge in [-0.1, -0.05) is 0 Å². The molecule has 0 spiro atoms. The second kappa shape index (κ2) is 9.46. The molecule has 0 bridgehead atoms. The molecule has 2 rings (SSSR count). The normalized spacial score (nSPS) is 10.2. The van der Waals surface area contributed by atoms with Crippen LogP contribution in [0.3, 0.4) is 0 Å². The summed E-state index contributed by atoms with van der Waals surface area (Å²) in [5, 5.41) is 2.80. The molecule has 0 atom stereocenters. The Bertz CT molecular complexity index is 672. The molecule has 0 saturated carbocycles. The third kappa shape index (κ3) is 5.34. The summed E-state index contributed by atoms with van der Waals surface area (Å²) >= 11 is 0. The molecule has 0 aliphatic rings. The summed E-state index contributed by atoms with van der Waals surface area (Å²) in [7, 11) is 1.62. The number of carbonyl (C=O) groups excluding carboxylic acids is 1. The zero-order chi connectivity index (χ0) is 18.1. The Morgan fingerprint density at radius 1 is 1.12 bits per heavy atom. The zero-order valence-corrected chi connectivity index (χ0v) is 14.9. The van der Waals surface area contributed by atoms with Gasteiger partial charge < -0.3 is 19.7 Å². The van der Waals surface area contributed by atoms with Crippen molar-refractivity contribution in [3.63, 3.8) is 0 Å². The Morgan fingerprint density at radius 3 is 2.44 bits per heavy atom. The van der Waals surface area contributed by atoms with Crippen LogP contribution in [0.1, 0.15) is 24.3 Å². The number of nitrogens with zero attached hydrogens (tertiary/aromatic N) is 3. The first-order valence-corrected chi connectivity index (χ1v) is 8.30. The SMILES string of the molecule is CCN(CC)c1cc(C(=O)NCCOc2ccc(OC)cc2)ncn1. The Kier molecular flexibility index (Phi) is 7.00. The summed E-state index contributed by atoms with van der Waals surface area (Å²) in [6, 6.07) is 8.99. The van der Waals surface area contributed by atoms with E-state index in [1.54, 1.807) is 13.2 Å². The standard InChI is InChI=1S/C18H24N4O3/c1-4-22(5-2)17-12-16(20-13-21-17)18(23)19-10-11-25-15-8-6-14(24-3)7-9-15/h6-9,12-13H,4-5,10-11H2,1-3H3,(H,19,23). The fourth-order valence-corrected chi connectivity index (χ4v) is 2.29. The van der Waals surface area contributed by atoms with Gasteiger partial charge in [0.05, 0.1) is 13.7 Å². The van der Waals surface area contributed by atoms with Crippen LogP contribution in [0.25, 0.3) is 0 Å². The van der Waals surface area contributed by atoms with Crippen molar-refractivity contribution in [1.29, 1.82) is 0 Å². The highest BCUT2D eigenvalue weighted by molar-refractivity contribution is 5.92. The minimum Gasteiger partial charge on any atom is -0.497 e. The minimum atomic E-state index is -0.242. The first-order valence-electron chi connectivity index (χ1n) is 8.30. The predicted octanol–water partition coefficient (Wildman–Crippen LogP) is 2.14. The van der Waals surface area contributed by atoms with Crippen molar-refractivity contribution in [2.75, 3.05) is 38.3 Å². The van der Waals surface area contributed by atoms with Crippen molar-refractivity contribution in [2.45, 2.75) is 13.8 Å². The molecule has 0 aliphatic carbocycles. The average molecular weight is 344 g/mol. The summed E-state index contributed by atoms with van der Waals surface area (Å²) in [4.78, 5) is 22.5. The third-order valence-electron chi connectivity index (χ3n) is 3.69. The van der Waals surface area contributed by atoms with Crippen LogP contribution >= 0.6 is 0 Å². The molecule has 7 heteroatoms. The van der Waals surface area contributed by atoms with Crippen LogP contribution in [-0.4, -0.2) is 49.2 Å². The molecule has 25 heavy (non-hydrogen) atoms. The van der Waals surface area contributed by atoms with E-state index in [1.807, 2.05) is 38.1 Å². The number of ether oxygens (including phenoxy) is 2. The second-order valence-electron chi connectivity index (χ2n) is 5.21. The van der Waals surface area contributed by atoms with Gasteiger partial charge in [0.15, 0.2) is 0 Å². The molecular weight excluding hydrogens is 320 g/mol. The van der Waals surface area contributed by atoms with E-state index < -0.39 is 0 Å². The van der Waals surface area contributed by atoms with E-state index in [0.29, 0.717) is 18.8 Å². The fourth-order valence-electron chi connectivity index (χ4n) is 2.29. The molecule has 1 aromatic heterocycles. The van der Waals surface area contributed by atoms with E-state index in [4.69, 9.17) is 9.47 Å². The van der Waals surface area contributed by atoms with Crippen molar-refractivity contribution in [1.82, 2.24) is 15.3 Å². The number of carbonyl (C=O) groups is 1. The molecular formula is C18H24N4O3. The first kappa shape index (κ1) is 18.5. The number of hydrogen-bond acceptors (Lipinski definition) is 6. The zero-order valence-electron chi connectivity index (χ0n) is 14.9. The monoisotopic (exact) mass is 344 g/mol. The molecule has 1 heterocycles. The lowest BCUT2D eigenvalue weighted by Crippen LogP contribution is -2.29. The van der Waals surface area contributed by atoms with Gasteiger partial charge >= 0.3 is 0 Å². The van der Waals surface area contributed by atoms with Crippen LogP contribution in [0, 0.1) is 0 Å². The van der Waals surface area contributed by atoms with E-state index in [-0.39, 0.29) is 5.91 Å². The summed E-state index contributed by atoms with van der Waals surface area (Å²) in [6.45, 7) is 6.49. The van der Waals surface area contributed by atoms with E-state index in [9.17, 15) is 4.79 Å². The molecule has 0 aliphatic heterocycles. The maximum Gasteiger partial charge on any atom is 0.270 e. The maximum absolute atomic E-state index is 12.2. The Hall–Kier alpha value is -2.83. The quantitative estimate of drug-likeness (QED) is 0.703. The molecule has 0 fully saturated rings. The minimum absolute atomic E-state index is 0.242. The van der Waals surface area contributed by atoms with E-state index in [2.05, 4.69) is 20.2 Å². The van der Waals surface area contributed by atoms with Gasteiger partial charge in [-0.05, 0) is 38.1 Å². The van der Waals surface area contributed by atoms with Crippen LogP contribution in [0.2, 0.25) is 0 Å². The highest BCUT2D eigenvalue weighted by Crippen LogP contribution is 2.16. The highest BCUT2D eigenvalue weighted by atomic mass is 16.5. The lowest BCUT2D eigenvalue weighted by Gasteiger charge is -2.19. The number of hydrogen-bond donors (Lipinski definition) is 1. The van der Waals surface area contributed by atoms with Crippen LogP contribution < -0.4 is 19.7 Å². The summed E-state index contributed by atoms with van der Waals surface area (Å²) < 4.78 is 10.7. The number of benzene rings is 1. The maximum atomic E-state index is 12.2. The van der Waals surface area contributed by atoms with Crippen molar-refractivity contribution < 1.29 is 14.3 Å². The van der Waals surface area contributed by atoms with Crippen LogP contribution in [0.15, 0.2) is 36.7 Å². The van der Waals surface area contributed by atoms with Crippen LogP contribution in [-0.2, 0) is 0 Å². The van der Waals surface area contributed by atoms with Gasteiger partial charge in [-0.25, -0.2) is 9.97 Å². The first-order chi connectivity index (χ1) is 12.2. The summed E-state index contributed by atoms with van der Waals surface area (Å²) in [5.74, 6) is 2.00. The smallest absolute Gasteiger partial charge is 0.270 e. The molecule has 1 N–H and O–H groups in total. The molecule has 0 saturated heterocycles. The van der Waals surface area contributed by atoms with Crippen molar-refractivity contribution in [2.24, 2.45) is 0 Å². The van der Waals surface area contributed by atoms with E-state index >= 15 is 0 Å². The second-order valence-corrected chi connectivity index (χ2v) is 5.21. The number of aromatic nitrogens is 2. The lowest BCUT2D eigenvalue weighted by atomic mass is 10.3. The van der Waals surface area contributed by atoms with Crippen molar-refractivity contribution >= 4 is 11.7 Å². The van der Waals surface area contributed by atoms with Crippen molar-refractivity contribution in [3.8, 4) is 11.5 Å². The van der Waals surface area contributed by atoms with Crippen LogP contribution in [0.4, 0.5) is 5.82 Å². The number of nitrogens with one attached hydrogen (secondary N) is 1. The molecule has 134 valence electrons. The molecule has 1 aromatic carbocycles. The van der Waals surface area contributed by atoms with Gasteiger partial charge in [0.1, 0.15) is 35.9 Å². The topological polar surface area (TPSA) is 76.6 Å². The van der Waals surface area contributed by atoms with Crippen molar-refractivity contribution in [3.05, 3.63) is 42.4 Å². The van der Waals surface area contributed by atoms with Gasteiger partial charge in [-0.2, -0.15) is 0 Å². The Balaban J connectivity index is 1.82. The van der Waals surface area contributed by atoms with Gasteiger partial charge in [-0.3, -0.25) is 4.79 Å². The number of anilines is 1. The molecule has 0 radical (unpaired) electrons. The molecule has 1 amide bonds. The highest BCUT2D eigenvalue weighted by Gasteiger charge is 2.11. The Morgan fingerprint density at radius 2 is 1.80 bits per heavy atom. The molecule has 2 aromatic rings. The van der Waals surface area contributed by atoms with Gasteiger partial charge in [0, 0.05) is 19.2 Å². The predicted molar refractivity (Wildman–Crippen MR) is 96.4 cm³/mol. The van der Waals surface area contributed by atoms with Gasteiger partial charge in [-0.15, -0.1) is 0 Å². The molecule has 0 unspecified atom stereocenters.